The second kappa shape index (κ2) is 5.67. The molecule has 1 aromatic carbocycles. The smallest absolute Gasteiger partial charge is 0.0931 e. The van der Waals surface area contributed by atoms with Gasteiger partial charge in [-0.05, 0) is 52.8 Å². The first kappa shape index (κ1) is 13.3. The fourth-order valence-corrected chi connectivity index (χ4v) is 3.51. The van der Waals surface area contributed by atoms with Gasteiger partial charge >= 0.3 is 0 Å². The van der Waals surface area contributed by atoms with E-state index >= 15 is 0 Å². The molecule has 2 nitrogen and oxygen atoms in total. The summed E-state index contributed by atoms with van der Waals surface area (Å²) in [5, 5.41) is 0. The Bertz CT molecular complexity index is 527. The van der Waals surface area contributed by atoms with Crippen LogP contribution in [-0.4, -0.2) is 0 Å². The Morgan fingerprint density at radius 3 is 2.71 bits per heavy atom. The molecule has 2 rings (SSSR count). The topological polar surface area (TPSA) is 38.0 Å². The molecule has 0 aliphatic carbocycles. The first-order valence-electron chi connectivity index (χ1n) is 5.10. The molecule has 0 saturated carbocycles. The van der Waals surface area contributed by atoms with Crippen LogP contribution in [0.4, 0.5) is 0 Å². The van der Waals surface area contributed by atoms with Gasteiger partial charge < -0.3 is 0 Å². The number of halogens is 2. The maximum atomic E-state index is 5.97. The number of hydrogen-bond acceptors (Lipinski definition) is 3. The summed E-state index contributed by atoms with van der Waals surface area (Å²) >= 11 is 9.87. The molecule has 5 heteroatoms. The average Bonchev–Trinajstić information content (AvgIpc) is 2.72. The third kappa shape index (κ3) is 2.82. The van der Waals surface area contributed by atoms with Gasteiger partial charge in [-0.25, -0.2) is 5.43 Å². The molecule has 1 aromatic heterocycles. The molecule has 3 N–H and O–H groups in total. The molecule has 0 aliphatic rings. The van der Waals surface area contributed by atoms with Gasteiger partial charge in [0.15, 0.2) is 0 Å². The molecule has 0 radical (unpaired) electrons. The summed E-state index contributed by atoms with van der Waals surface area (Å²) < 4.78 is 2.01. The predicted octanol–water partition coefficient (Wildman–Crippen LogP) is 3.87. The molecule has 1 heterocycles. The summed E-state index contributed by atoms with van der Waals surface area (Å²) in [6.07, 6.45) is 0. The molecule has 0 amide bonds. The fourth-order valence-electron chi connectivity index (χ4n) is 1.70. The van der Waals surface area contributed by atoms with Gasteiger partial charge in [0.05, 0.1) is 10.4 Å². The molecule has 0 saturated heterocycles. The Kier molecular flexibility index (Phi) is 4.43. The van der Waals surface area contributed by atoms with Crippen LogP contribution < -0.4 is 11.3 Å². The van der Waals surface area contributed by atoms with E-state index in [2.05, 4.69) is 47.1 Å². The quantitative estimate of drug-likeness (QED) is 0.483. The Morgan fingerprint density at radius 2 is 2.12 bits per heavy atom. The van der Waals surface area contributed by atoms with E-state index < -0.39 is 0 Å². The number of rotatable bonds is 3. The van der Waals surface area contributed by atoms with E-state index in [9.17, 15) is 0 Å². The third-order valence-corrected chi connectivity index (χ3v) is 5.35. The van der Waals surface area contributed by atoms with Crippen molar-refractivity contribution in [2.75, 3.05) is 0 Å². The minimum absolute atomic E-state index is 0.000648. The van der Waals surface area contributed by atoms with Gasteiger partial charge in [-0.3, -0.25) is 5.84 Å². The lowest BCUT2D eigenvalue weighted by atomic mass is 10.0. The van der Waals surface area contributed by atoms with Crippen LogP contribution in [0.1, 0.15) is 22.0 Å². The zero-order valence-electron chi connectivity index (χ0n) is 9.21. The van der Waals surface area contributed by atoms with Gasteiger partial charge in [0.25, 0.3) is 0 Å². The number of aryl methyl sites for hydroxylation is 1. The zero-order chi connectivity index (χ0) is 12.4. The normalized spacial score (nSPS) is 12.7. The van der Waals surface area contributed by atoms with Gasteiger partial charge in [0, 0.05) is 8.45 Å². The molecule has 0 fully saturated rings. The highest BCUT2D eigenvalue weighted by Crippen LogP contribution is 2.33. The largest absolute Gasteiger partial charge is 0.271 e. The summed E-state index contributed by atoms with van der Waals surface area (Å²) in [7, 11) is 0. The molecule has 90 valence electrons. The number of hydrazine groups is 1. The first-order valence-corrected chi connectivity index (χ1v) is 7.37. The number of nitrogens with two attached hydrogens (primary N) is 1. The Morgan fingerprint density at radius 1 is 1.35 bits per heavy atom. The summed E-state index contributed by atoms with van der Waals surface area (Å²) in [6.45, 7) is 2.10. The highest BCUT2D eigenvalue weighted by molar-refractivity contribution is 14.1. The Labute approximate surface area is 123 Å². The van der Waals surface area contributed by atoms with Crippen LogP contribution in [0.2, 0.25) is 4.34 Å². The number of thiophene rings is 1. The lowest BCUT2D eigenvalue weighted by Gasteiger charge is -2.17. The molecule has 0 spiro atoms. The summed E-state index contributed by atoms with van der Waals surface area (Å²) in [5.74, 6) is 5.68. The minimum atomic E-state index is -0.000648. The monoisotopic (exact) mass is 378 g/mol. The van der Waals surface area contributed by atoms with Crippen LogP contribution in [0.15, 0.2) is 30.3 Å². The SMILES string of the molecule is Cc1cccc(C(NN)c2ccc(Cl)s2)c1I. The number of nitrogens with one attached hydrogen (secondary N) is 1. The van der Waals surface area contributed by atoms with Crippen LogP contribution in [-0.2, 0) is 0 Å². The van der Waals surface area contributed by atoms with Crippen molar-refractivity contribution in [2.45, 2.75) is 13.0 Å². The van der Waals surface area contributed by atoms with Crippen molar-refractivity contribution in [3.63, 3.8) is 0 Å². The predicted molar refractivity (Wildman–Crippen MR) is 82.4 cm³/mol. The van der Waals surface area contributed by atoms with E-state index in [-0.39, 0.29) is 6.04 Å². The van der Waals surface area contributed by atoms with Crippen LogP contribution in [0.25, 0.3) is 0 Å². The lowest BCUT2D eigenvalue weighted by Crippen LogP contribution is -2.28. The van der Waals surface area contributed by atoms with Crippen LogP contribution >= 0.6 is 45.5 Å². The highest BCUT2D eigenvalue weighted by atomic mass is 127. The maximum absolute atomic E-state index is 5.97. The molecule has 1 unspecified atom stereocenters. The molecule has 0 aliphatic heterocycles. The molecule has 0 bridgehead atoms. The van der Waals surface area contributed by atoms with Crippen molar-refractivity contribution < 1.29 is 0 Å². The van der Waals surface area contributed by atoms with Crippen molar-refractivity contribution in [3.05, 3.63) is 54.2 Å². The van der Waals surface area contributed by atoms with Gasteiger partial charge in [0.2, 0.25) is 0 Å². The minimum Gasteiger partial charge on any atom is -0.271 e. The fraction of sp³-hybridized carbons (Fsp3) is 0.167. The van der Waals surface area contributed by atoms with E-state index in [1.807, 2.05) is 18.2 Å². The summed E-state index contributed by atoms with van der Waals surface area (Å²) in [5.41, 5.74) is 5.31. The Balaban J connectivity index is 2.45. The van der Waals surface area contributed by atoms with Crippen molar-refractivity contribution in [3.8, 4) is 0 Å². The van der Waals surface area contributed by atoms with Crippen molar-refractivity contribution >= 4 is 45.5 Å². The van der Waals surface area contributed by atoms with E-state index in [0.29, 0.717) is 0 Å². The Hall–Kier alpha value is -0.140. The third-order valence-electron chi connectivity index (χ3n) is 2.58. The van der Waals surface area contributed by atoms with Crippen LogP contribution in [0, 0.1) is 10.5 Å². The van der Waals surface area contributed by atoms with Gasteiger partial charge in [-0.15, -0.1) is 11.3 Å². The van der Waals surface area contributed by atoms with Crippen molar-refractivity contribution in [1.82, 2.24) is 5.43 Å². The van der Waals surface area contributed by atoms with E-state index in [0.717, 1.165) is 9.21 Å². The summed E-state index contributed by atoms with van der Waals surface area (Å²) in [6, 6.07) is 10.1. The highest BCUT2D eigenvalue weighted by Gasteiger charge is 2.17. The molecule has 2 aromatic rings. The molecule has 1 atom stereocenters. The van der Waals surface area contributed by atoms with Crippen molar-refractivity contribution in [2.24, 2.45) is 5.84 Å². The second-order valence-electron chi connectivity index (χ2n) is 3.72. The van der Waals surface area contributed by atoms with Crippen molar-refractivity contribution in [1.29, 1.82) is 0 Å². The van der Waals surface area contributed by atoms with E-state index in [1.54, 1.807) is 11.3 Å². The van der Waals surface area contributed by atoms with Gasteiger partial charge in [0.1, 0.15) is 0 Å². The number of hydrogen-bond donors (Lipinski definition) is 2. The van der Waals surface area contributed by atoms with E-state index in [4.69, 9.17) is 17.4 Å². The average molecular weight is 379 g/mol. The zero-order valence-corrected chi connectivity index (χ0v) is 12.9. The van der Waals surface area contributed by atoms with Gasteiger partial charge in [-0.2, -0.15) is 0 Å². The van der Waals surface area contributed by atoms with Crippen LogP contribution in [0.3, 0.4) is 0 Å². The maximum Gasteiger partial charge on any atom is 0.0931 e. The molecular formula is C12H12ClIN2S. The molecular weight excluding hydrogens is 367 g/mol. The van der Waals surface area contributed by atoms with Crippen LogP contribution in [0.5, 0.6) is 0 Å². The first-order chi connectivity index (χ1) is 8.13. The van der Waals surface area contributed by atoms with Gasteiger partial charge in [-0.1, -0.05) is 29.8 Å². The summed E-state index contributed by atoms with van der Waals surface area (Å²) in [4.78, 5) is 1.13. The lowest BCUT2D eigenvalue weighted by molar-refractivity contribution is 0.643. The number of benzene rings is 1. The molecule has 17 heavy (non-hydrogen) atoms. The standard InChI is InChI=1S/C12H12ClIN2S/c1-7-3-2-4-8(11(7)14)12(16-15)9-5-6-10(13)17-9/h2-6,12,16H,15H2,1H3. The second-order valence-corrected chi connectivity index (χ2v) is 6.55. The van der Waals surface area contributed by atoms with E-state index in [1.165, 1.54) is 14.7 Å².